The lowest BCUT2D eigenvalue weighted by Crippen LogP contribution is -2.52. The van der Waals surface area contributed by atoms with Crippen LogP contribution in [-0.2, 0) is 4.79 Å². The van der Waals surface area contributed by atoms with Crippen molar-refractivity contribution >= 4 is 17.3 Å². The first-order valence-corrected chi connectivity index (χ1v) is 7.23. The Morgan fingerprint density at radius 1 is 1.25 bits per heavy atom. The van der Waals surface area contributed by atoms with E-state index >= 15 is 0 Å². The van der Waals surface area contributed by atoms with E-state index in [1.54, 1.807) is 12.1 Å². The molecule has 5 heteroatoms. The number of nitrogens with two attached hydrogens (primary N) is 1. The van der Waals surface area contributed by atoms with E-state index in [9.17, 15) is 4.79 Å². The molecule has 1 aliphatic rings. The minimum atomic E-state index is -0.105. The lowest BCUT2D eigenvalue weighted by atomic mass is 10.2. The SMILES string of the molecule is CCN1CCN(C(C)C(=O)Nc2ccc(N)cc2)CC1. The third-order valence-electron chi connectivity index (χ3n) is 3.96. The summed E-state index contributed by atoms with van der Waals surface area (Å²) < 4.78 is 0. The van der Waals surface area contributed by atoms with Crippen molar-refractivity contribution in [3.05, 3.63) is 24.3 Å². The molecule has 1 aromatic rings. The van der Waals surface area contributed by atoms with Gasteiger partial charge in [0.25, 0.3) is 0 Å². The van der Waals surface area contributed by atoms with E-state index in [1.165, 1.54) is 0 Å². The molecule has 1 aromatic carbocycles. The van der Waals surface area contributed by atoms with Crippen LogP contribution in [-0.4, -0.2) is 54.5 Å². The van der Waals surface area contributed by atoms with Gasteiger partial charge in [-0.3, -0.25) is 9.69 Å². The molecule has 110 valence electrons. The Morgan fingerprint density at radius 3 is 2.40 bits per heavy atom. The third-order valence-corrected chi connectivity index (χ3v) is 3.96. The molecule has 3 N–H and O–H groups in total. The number of amides is 1. The molecule has 1 heterocycles. The number of benzene rings is 1. The van der Waals surface area contributed by atoms with Crippen LogP contribution in [0.3, 0.4) is 0 Å². The fourth-order valence-corrected chi connectivity index (χ4v) is 2.45. The van der Waals surface area contributed by atoms with Crippen molar-refractivity contribution in [3.8, 4) is 0 Å². The number of anilines is 2. The monoisotopic (exact) mass is 276 g/mol. The van der Waals surface area contributed by atoms with Crippen molar-refractivity contribution in [2.24, 2.45) is 0 Å². The Balaban J connectivity index is 1.87. The lowest BCUT2D eigenvalue weighted by molar-refractivity contribution is -0.121. The molecule has 0 saturated carbocycles. The summed E-state index contributed by atoms with van der Waals surface area (Å²) in [5.41, 5.74) is 7.13. The van der Waals surface area contributed by atoms with Crippen LogP contribution in [0.1, 0.15) is 13.8 Å². The topological polar surface area (TPSA) is 61.6 Å². The van der Waals surface area contributed by atoms with Gasteiger partial charge in [0.1, 0.15) is 0 Å². The molecule has 20 heavy (non-hydrogen) atoms. The first kappa shape index (κ1) is 14.8. The fraction of sp³-hybridized carbons (Fsp3) is 0.533. The molecule has 5 nitrogen and oxygen atoms in total. The molecule has 1 unspecified atom stereocenters. The Morgan fingerprint density at radius 2 is 1.85 bits per heavy atom. The zero-order valence-corrected chi connectivity index (χ0v) is 12.3. The Hall–Kier alpha value is -1.59. The molecule has 1 fully saturated rings. The highest BCUT2D eigenvalue weighted by Gasteiger charge is 2.24. The second-order valence-corrected chi connectivity index (χ2v) is 5.26. The Bertz CT molecular complexity index is 438. The summed E-state index contributed by atoms with van der Waals surface area (Å²) >= 11 is 0. The highest BCUT2D eigenvalue weighted by atomic mass is 16.2. The van der Waals surface area contributed by atoms with Gasteiger partial charge >= 0.3 is 0 Å². The Labute approximate surface area is 120 Å². The van der Waals surface area contributed by atoms with Gasteiger partial charge in [-0.1, -0.05) is 6.92 Å². The number of nitrogen functional groups attached to an aromatic ring is 1. The van der Waals surface area contributed by atoms with Crippen molar-refractivity contribution in [3.63, 3.8) is 0 Å². The predicted molar refractivity (Wildman–Crippen MR) is 82.6 cm³/mol. The molecule has 0 aliphatic carbocycles. The number of nitrogens with one attached hydrogen (secondary N) is 1. The van der Waals surface area contributed by atoms with E-state index < -0.39 is 0 Å². The summed E-state index contributed by atoms with van der Waals surface area (Å²) in [5, 5.41) is 2.94. The third kappa shape index (κ3) is 3.71. The van der Waals surface area contributed by atoms with Gasteiger partial charge < -0.3 is 16.0 Å². The molecule has 1 atom stereocenters. The second-order valence-electron chi connectivity index (χ2n) is 5.26. The van der Waals surface area contributed by atoms with E-state index in [4.69, 9.17) is 5.73 Å². The second kappa shape index (κ2) is 6.72. The van der Waals surface area contributed by atoms with Crippen LogP contribution in [0.15, 0.2) is 24.3 Å². The average molecular weight is 276 g/mol. The smallest absolute Gasteiger partial charge is 0.241 e. The average Bonchev–Trinajstić information content (AvgIpc) is 2.49. The maximum atomic E-state index is 12.3. The highest BCUT2D eigenvalue weighted by Crippen LogP contribution is 2.13. The zero-order chi connectivity index (χ0) is 14.5. The van der Waals surface area contributed by atoms with E-state index in [2.05, 4.69) is 22.0 Å². The first-order chi connectivity index (χ1) is 9.60. The maximum absolute atomic E-state index is 12.3. The zero-order valence-electron chi connectivity index (χ0n) is 12.3. The van der Waals surface area contributed by atoms with E-state index in [1.807, 2.05) is 19.1 Å². The van der Waals surface area contributed by atoms with Gasteiger partial charge in [-0.15, -0.1) is 0 Å². The summed E-state index contributed by atoms with van der Waals surface area (Å²) in [6.07, 6.45) is 0. The van der Waals surface area contributed by atoms with Crippen molar-refractivity contribution in [2.75, 3.05) is 43.8 Å². The van der Waals surface area contributed by atoms with Crippen molar-refractivity contribution in [1.29, 1.82) is 0 Å². The largest absolute Gasteiger partial charge is 0.399 e. The van der Waals surface area contributed by atoms with Crippen LogP contribution < -0.4 is 11.1 Å². The predicted octanol–water partition coefficient (Wildman–Crippen LogP) is 1.23. The van der Waals surface area contributed by atoms with Crippen LogP contribution in [0, 0.1) is 0 Å². The molecule has 0 radical (unpaired) electrons. The van der Waals surface area contributed by atoms with Gasteiger partial charge in [0.05, 0.1) is 6.04 Å². The summed E-state index contributed by atoms with van der Waals surface area (Å²) in [6, 6.07) is 7.14. The van der Waals surface area contributed by atoms with Gasteiger partial charge in [-0.25, -0.2) is 0 Å². The van der Waals surface area contributed by atoms with Gasteiger partial charge in [0.15, 0.2) is 0 Å². The molecule has 0 bridgehead atoms. The number of hydrogen-bond donors (Lipinski definition) is 2. The van der Waals surface area contributed by atoms with Gasteiger partial charge in [-0.2, -0.15) is 0 Å². The molecule has 0 spiro atoms. The summed E-state index contributed by atoms with van der Waals surface area (Å²) in [5.74, 6) is 0.0414. The minimum absolute atomic E-state index is 0.0414. The maximum Gasteiger partial charge on any atom is 0.241 e. The summed E-state index contributed by atoms with van der Waals surface area (Å²) in [6.45, 7) is 9.20. The molecule has 0 aromatic heterocycles. The molecular weight excluding hydrogens is 252 g/mol. The van der Waals surface area contributed by atoms with Gasteiger partial charge in [0, 0.05) is 37.6 Å². The number of piperazine rings is 1. The molecule has 1 aliphatic heterocycles. The number of rotatable bonds is 4. The number of carbonyl (C=O) groups is 1. The van der Waals surface area contributed by atoms with Crippen LogP contribution in [0.4, 0.5) is 11.4 Å². The van der Waals surface area contributed by atoms with Gasteiger partial charge in [0.2, 0.25) is 5.91 Å². The van der Waals surface area contributed by atoms with Gasteiger partial charge in [-0.05, 0) is 37.7 Å². The van der Waals surface area contributed by atoms with Crippen LogP contribution in [0.5, 0.6) is 0 Å². The lowest BCUT2D eigenvalue weighted by Gasteiger charge is -2.36. The summed E-state index contributed by atoms with van der Waals surface area (Å²) in [4.78, 5) is 16.9. The highest BCUT2D eigenvalue weighted by molar-refractivity contribution is 5.94. The normalized spacial score (nSPS) is 18.7. The van der Waals surface area contributed by atoms with Crippen LogP contribution in [0.25, 0.3) is 0 Å². The van der Waals surface area contributed by atoms with Crippen molar-refractivity contribution < 1.29 is 4.79 Å². The van der Waals surface area contributed by atoms with Crippen LogP contribution >= 0.6 is 0 Å². The van der Waals surface area contributed by atoms with Crippen LogP contribution in [0.2, 0.25) is 0 Å². The minimum Gasteiger partial charge on any atom is -0.399 e. The number of likely N-dealkylation sites (N-methyl/N-ethyl adjacent to an activating group) is 1. The number of nitrogens with zero attached hydrogens (tertiary/aromatic N) is 2. The van der Waals surface area contributed by atoms with E-state index in [-0.39, 0.29) is 11.9 Å². The quantitative estimate of drug-likeness (QED) is 0.812. The van der Waals surface area contributed by atoms with Crippen molar-refractivity contribution in [2.45, 2.75) is 19.9 Å². The Kier molecular flexibility index (Phi) is 4.98. The first-order valence-electron chi connectivity index (χ1n) is 7.23. The van der Waals surface area contributed by atoms with E-state index in [0.717, 1.165) is 38.4 Å². The molecule has 1 saturated heterocycles. The molecular formula is C15H24N4O. The van der Waals surface area contributed by atoms with Crippen molar-refractivity contribution in [1.82, 2.24) is 9.80 Å². The molecule has 1 amide bonds. The van der Waals surface area contributed by atoms with E-state index in [0.29, 0.717) is 5.69 Å². The number of hydrogen-bond acceptors (Lipinski definition) is 4. The fourth-order valence-electron chi connectivity index (χ4n) is 2.45. The standard InChI is InChI=1S/C15H24N4O/c1-3-18-8-10-19(11-9-18)12(2)15(20)17-14-6-4-13(16)5-7-14/h4-7,12H,3,8-11,16H2,1-2H3,(H,17,20). The summed E-state index contributed by atoms with van der Waals surface area (Å²) in [7, 11) is 0. The number of carbonyl (C=O) groups excluding carboxylic acids is 1. The molecule has 2 rings (SSSR count).